The summed E-state index contributed by atoms with van der Waals surface area (Å²) in [6.07, 6.45) is 7.97. The Kier molecular flexibility index (Phi) is 7.47. The van der Waals surface area contributed by atoms with Gasteiger partial charge < -0.3 is 14.8 Å². The van der Waals surface area contributed by atoms with Crippen molar-refractivity contribution in [2.75, 3.05) is 6.54 Å². The van der Waals surface area contributed by atoms with Crippen LogP contribution in [0.25, 0.3) is 10.9 Å². The van der Waals surface area contributed by atoms with Gasteiger partial charge >= 0.3 is 0 Å². The van der Waals surface area contributed by atoms with E-state index in [0.717, 1.165) is 48.6 Å². The lowest BCUT2D eigenvalue weighted by molar-refractivity contribution is -0.139. The summed E-state index contributed by atoms with van der Waals surface area (Å²) in [6.45, 7) is 10.5. The summed E-state index contributed by atoms with van der Waals surface area (Å²) in [5.41, 5.74) is 3.76. The third kappa shape index (κ3) is 5.17. The zero-order chi connectivity index (χ0) is 28.1. The van der Waals surface area contributed by atoms with Crippen LogP contribution < -0.4 is 5.32 Å². The number of ketones is 2. The van der Waals surface area contributed by atoms with Gasteiger partial charge in [-0.2, -0.15) is 0 Å². The second-order valence-corrected chi connectivity index (χ2v) is 12.7. The first-order valence-corrected chi connectivity index (χ1v) is 14.8. The molecule has 1 saturated carbocycles. The predicted octanol–water partition coefficient (Wildman–Crippen LogP) is 5.17. The van der Waals surface area contributed by atoms with E-state index in [4.69, 9.17) is 0 Å². The van der Waals surface area contributed by atoms with Crippen molar-refractivity contribution in [1.82, 2.24) is 14.8 Å². The Morgan fingerprint density at radius 1 is 1.15 bits per heavy atom. The molecule has 2 aromatic rings. The van der Waals surface area contributed by atoms with Crippen LogP contribution in [0.15, 0.2) is 18.3 Å². The number of hydrogen-bond donors (Lipinski definition) is 1. The molecule has 210 valence electrons. The summed E-state index contributed by atoms with van der Waals surface area (Å²) in [6, 6.07) is 3.89. The second-order valence-electron chi connectivity index (χ2n) is 12.7. The van der Waals surface area contributed by atoms with E-state index in [0.29, 0.717) is 43.2 Å². The lowest BCUT2D eigenvalue weighted by atomic mass is 9.93. The highest BCUT2D eigenvalue weighted by atomic mass is 16.2. The minimum absolute atomic E-state index is 0.00816. The molecule has 39 heavy (non-hydrogen) atoms. The van der Waals surface area contributed by atoms with Gasteiger partial charge in [-0.3, -0.25) is 19.2 Å². The maximum atomic E-state index is 14.0. The quantitative estimate of drug-likeness (QED) is 0.549. The molecule has 0 spiro atoms. The van der Waals surface area contributed by atoms with Crippen molar-refractivity contribution in [3.63, 3.8) is 0 Å². The highest BCUT2D eigenvalue weighted by molar-refractivity contribution is 6.08. The molecule has 0 unspecified atom stereocenters. The number of aromatic nitrogens is 1. The number of aryl methyl sites for hydroxylation is 1. The number of benzene rings is 1. The van der Waals surface area contributed by atoms with Gasteiger partial charge in [0.15, 0.2) is 11.6 Å². The molecule has 1 aromatic carbocycles. The first kappa shape index (κ1) is 27.6. The number of hydrogen-bond acceptors (Lipinski definition) is 4. The van der Waals surface area contributed by atoms with E-state index >= 15 is 0 Å². The van der Waals surface area contributed by atoms with E-state index in [-0.39, 0.29) is 41.4 Å². The fourth-order valence-corrected chi connectivity index (χ4v) is 7.04. The molecule has 2 bridgehead atoms. The summed E-state index contributed by atoms with van der Waals surface area (Å²) >= 11 is 0. The number of piperidine rings is 1. The van der Waals surface area contributed by atoms with Crippen molar-refractivity contribution in [3.8, 4) is 0 Å². The molecule has 7 heteroatoms. The van der Waals surface area contributed by atoms with E-state index in [2.05, 4.69) is 38.2 Å². The number of rotatable bonds is 4. The zero-order valence-corrected chi connectivity index (χ0v) is 24.1. The van der Waals surface area contributed by atoms with Crippen LogP contribution in [0.4, 0.5) is 0 Å². The average Bonchev–Trinajstić information content (AvgIpc) is 3.30. The molecule has 2 aliphatic heterocycles. The van der Waals surface area contributed by atoms with E-state index < -0.39 is 6.04 Å². The van der Waals surface area contributed by atoms with Crippen LogP contribution in [0.1, 0.15) is 107 Å². The first-order chi connectivity index (χ1) is 18.5. The molecule has 2 amide bonds. The summed E-state index contributed by atoms with van der Waals surface area (Å²) in [5, 5.41) is 4.06. The topological polar surface area (TPSA) is 88.5 Å². The van der Waals surface area contributed by atoms with Crippen molar-refractivity contribution in [2.24, 2.45) is 11.3 Å². The smallest absolute Gasteiger partial charge is 0.243 e. The van der Waals surface area contributed by atoms with Gasteiger partial charge in [-0.15, -0.1) is 0 Å². The molecule has 1 saturated heterocycles. The number of nitrogens with zero attached hydrogens (tertiary/aromatic N) is 2. The van der Waals surface area contributed by atoms with Gasteiger partial charge in [0.25, 0.3) is 0 Å². The minimum Gasteiger partial charge on any atom is -0.355 e. The maximum absolute atomic E-state index is 14.0. The third-order valence-corrected chi connectivity index (χ3v) is 9.42. The summed E-state index contributed by atoms with van der Waals surface area (Å²) in [7, 11) is 0. The molecule has 3 heterocycles. The molecule has 2 fully saturated rings. The fraction of sp³-hybridized carbons (Fsp3) is 0.625. The van der Waals surface area contributed by atoms with Crippen molar-refractivity contribution < 1.29 is 19.2 Å². The molecule has 3 aliphatic rings. The van der Waals surface area contributed by atoms with Gasteiger partial charge in [0.2, 0.25) is 11.8 Å². The van der Waals surface area contributed by atoms with Gasteiger partial charge in [0.1, 0.15) is 6.54 Å². The molecular formula is C32H43N3O4. The summed E-state index contributed by atoms with van der Waals surface area (Å²) in [5.74, 6) is 0.654. The molecule has 1 aliphatic carbocycles. The largest absolute Gasteiger partial charge is 0.355 e. The van der Waals surface area contributed by atoms with Crippen LogP contribution in [0.5, 0.6) is 0 Å². The van der Waals surface area contributed by atoms with Gasteiger partial charge in [-0.05, 0) is 61.6 Å². The molecule has 0 radical (unpaired) electrons. The van der Waals surface area contributed by atoms with Gasteiger partial charge in [-0.1, -0.05) is 46.6 Å². The lowest BCUT2D eigenvalue weighted by Crippen LogP contribution is -2.44. The van der Waals surface area contributed by atoms with Gasteiger partial charge in [0.05, 0.1) is 11.6 Å². The number of nitrogens with one attached hydrogen (secondary N) is 1. The number of amides is 2. The van der Waals surface area contributed by atoms with Crippen molar-refractivity contribution in [2.45, 2.75) is 111 Å². The Labute approximate surface area is 231 Å². The SMILES string of the molecule is CCC(=O)[C@@H]1C[C@]23CNC(=O)C[C@@H](C)CCCCc4cc(C(C)C)cc5c(C(C)=O)cn(c45)CC(=O)N1[C@@H]2C3. The average molecular weight is 534 g/mol. The van der Waals surface area contributed by atoms with Crippen LogP contribution in [-0.2, 0) is 27.3 Å². The van der Waals surface area contributed by atoms with Crippen molar-refractivity contribution >= 4 is 34.3 Å². The third-order valence-electron chi connectivity index (χ3n) is 9.42. The minimum atomic E-state index is -0.447. The van der Waals surface area contributed by atoms with Crippen LogP contribution in [0, 0.1) is 11.3 Å². The fourth-order valence-electron chi connectivity index (χ4n) is 7.04. The van der Waals surface area contributed by atoms with Crippen LogP contribution in [-0.4, -0.2) is 51.5 Å². The van der Waals surface area contributed by atoms with Gasteiger partial charge in [-0.25, -0.2) is 0 Å². The number of carbonyl (C=O) groups excluding carboxylic acids is 4. The highest BCUT2D eigenvalue weighted by Crippen LogP contribution is 2.59. The maximum Gasteiger partial charge on any atom is 0.243 e. The van der Waals surface area contributed by atoms with E-state index in [1.807, 2.05) is 22.6 Å². The molecule has 1 aromatic heterocycles. The first-order valence-electron chi connectivity index (χ1n) is 14.8. The highest BCUT2D eigenvalue weighted by Gasteiger charge is 2.66. The zero-order valence-electron chi connectivity index (χ0n) is 24.1. The Morgan fingerprint density at radius 2 is 1.92 bits per heavy atom. The molecule has 1 N–H and O–H groups in total. The number of carbonyl (C=O) groups is 4. The van der Waals surface area contributed by atoms with E-state index in [1.165, 1.54) is 5.56 Å². The molecule has 4 atom stereocenters. The second kappa shape index (κ2) is 10.5. The van der Waals surface area contributed by atoms with Crippen LogP contribution >= 0.6 is 0 Å². The summed E-state index contributed by atoms with van der Waals surface area (Å²) < 4.78 is 1.96. The Bertz CT molecular complexity index is 1320. The monoisotopic (exact) mass is 533 g/mol. The van der Waals surface area contributed by atoms with E-state index in [9.17, 15) is 19.2 Å². The van der Waals surface area contributed by atoms with E-state index in [1.54, 1.807) is 6.92 Å². The molecule has 7 nitrogen and oxygen atoms in total. The van der Waals surface area contributed by atoms with Crippen molar-refractivity contribution in [1.29, 1.82) is 0 Å². The van der Waals surface area contributed by atoms with Crippen LogP contribution in [0.3, 0.4) is 0 Å². The molecular weight excluding hydrogens is 490 g/mol. The van der Waals surface area contributed by atoms with Gasteiger partial charge in [0, 0.05) is 48.0 Å². The van der Waals surface area contributed by atoms with Crippen LogP contribution in [0.2, 0.25) is 0 Å². The van der Waals surface area contributed by atoms with Crippen molar-refractivity contribution in [3.05, 3.63) is 35.0 Å². The Hall–Kier alpha value is -2.96. The lowest BCUT2D eigenvalue weighted by Gasteiger charge is -2.27. The standard InChI is InChI=1S/C32H43N3O4/c1-6-27(37)26-14-32-15-28(32)35(26)30(39)17-34-16-25(21(5)36)24-13-23(19(2)3)12-22(31(24)34)10-8-7-9-20(4)11-29(38)33-18-32/h12-13,16,19-20,26,28H,6-11,14-15,17-18H2,1-5H3,(H,33,38)/t20-,26-,28+,32-/m0/s1. The summed E-state index contributed by atoms with van der Waals surface area (Å²) in [4.78, 5) is 54.3. The predicted molar refractivity (Wildman–Crippen MR) is 152 cm³/mol. The Morgan fingerprint density at radius 3 is 2.62 bits per heavy atom. The number of Topliss-reactive ketones (excluding diaryl/α,β-unsaturated/α-hetero) is 2. The Balaban J connectivity index is 1.59. The molecule has 5 rings (SSSR count). The normalized spacial score (nSPS) is 27.8.